The van der Waals surface area contributed by atoms with E-state index in [-0.39, 0.29) is 17.5 Å². The number of aromatic carboxylic acids is 1. The van der Waals surface area contributed by atoms with Crippen molar-refractivity contribution in [3.8, 4) is 0 Å². The summed E-state index contributed by atoms with van der Waals surface area (Å²) in [6.45, 7) is 2.04. The van der Waals surface area contributed by atoms with E-state index in [1.54, 1.807) is 12.1 Å². The van der Waals surface area contributed by atoms with Gasteiger partial charge in [-0.2, -0.15) is 0 Å². The number of benzene rings is 1. The standard InChI is InChI=1S/C15H19NO3/c1-10(11-4-2-3-5-11)16-14(17)12-6-8-13(9-7-12)15(18)19/h6-11H,2-5H2,1H3,(H,16,17)(H,18,19). The van der Waals surface area contributed by atoms with Gasteiger partial charge in [-0.1, -0.05) is 12.8 Å². The fourth-order valence-corrected chi connectivity index (χ4v) is 2.63. The van der Waals surface area contributed by atoms with Gasteiger partial charge in [0.15, 0.2) is 0 Å². The minimum atomic E-state index is -0.980. The number of carboxylic acid groups (broad SMARTS) is 1. The lowest BCUT2D eigenvalue weighted by Crippen LogP contribution is -2.37. The quantitative estimate of drug-likeness (QED) is 0.875. The first-order chi connectivity index (χ1) is 9.08. The number of amides is 1. The van der Waals surface area contributed by atoms with Crippen LogP contribution in [-0.2, 0) is 0 Å². The third-order valence-corrected chi connectivity index (χ3v) is 3.86. The van der Waals surface area contributed by atoms with Crippen LogP contribution in [0.1, 0.15) is 53.3 Å². The lowest BCUT2D eigenvalue weighted by molar-refractivity contribution is 0.0696. The summed E-state index contributed by atoms with van der Waals surface area (Å²) in [5.74, 6) is -0.537. The molecule has 0 bridgehead atoms. The number of carbonyl (C=O) groups is 2. The highest BCUT2D eigenvalue weighted by Crippen LogP contribution is 2.27. The van der Waals surface area contributed by atoms with Crippen LogP contribution in [-0.4, -0.2) is 23.0 Å². The van der Waals surface area contributed by atoms with Crippen LogP contribution in [0.4, 0.5) is 0 Å². The van der Waals surface area contributed by atoms with Gasteiger partial charge in [-0.15, -0.1) is 0 Å². The number of carbonyl (C=O) groups excluding carboxylic acids is 1. The first-order valence-electron chi connectivity index (χ1n) is 6.72. The predicted molar refractivity (Wildman–Crippen MR) is 72.3 cm³/mol. The maximum atomic E-state index is 12.0. The molecular weight excluding hydrogens is 242 g/mol. The number of hydrogen-bond acceptors (Lipinski definition) is 2. The average Bonchev–Trinajstić information content (AvgIpc) is 2.92. The summed E-state index contributed by atoms with van der Waals surface area (Å²) in [5, 5.41) is 11.8. The number of nitrogens with one attached hydrogen (secondary N) is 1. The molecule has 2 rings (SSSR count). The van der Waals surface area contributed by atoms with Gasteiger partial charge >= 0.3 is 5.97 Å². The Bertz CT molecular complexity index is 461. The third-order valence-electron chi connectivity index (χ3n) is 3.86. The van der Waals surface area contributed by atoms with Crippen molar-refractivity contribution in [1.29, 1.82) is 0 Å². The van der Waals surface area contributed by atoms with Crippen molar-refractivity contribution in [2.24, 2.45) is 5.92 Å². The molecule has 0 aliphatic heterocycles. The SMILES string of the molecule is CC(NC(=O)c1ccc(C(=O)O)cc1)C1CCCC1. The van der Waals surface area contributed by atoms with Crippen molar-refractivity contribution in [1.82, 2.24) is 5.32 Å². The molecule has 1 fully saturated rings. The largest absolute Gasteiger partial charge is 0.478 e. The summed E-state index contributed by atoms with van der Waals surface area (Å²) >= 11 is 0. The Morgan fingerprint density at radius 2 is 1.68 bits per heavy atom. The molecule has 1 aromatic rings. The van der Waals surface area contributed by atoms with Gasteiger partial charge in [0, 0.05) is 11.6 Å². The highest BCUT2D eigenvalue weighted by atomic mass is 16.4. The van der Waals surface area contributed by atoms with Gasteiger partial charge < -0.3 is 10.4 Å². The van der Waals surface area contributed by atoms with E-state index in [4.69, 9.17) is 5.11 Å². The molecule has 1 aliphatic carbocycles. The molecule has 1 unspecified atom stereocenters. The maximum absolute atomic E-state index is 12.0. The van der Waals surface area contributed by atoms with Gasteiger partial charge in [0.1, 0.15) is 0 Å². The monoisotopic (exact) mass is 261 g/mol. The van der Waals surface area contributed by atoms with Gasteiger partial charge in [0.2, 0.25) is 0 Å². The van der Waals surface area contributed by atoms with E-state index in [9.17, 15) is 9.59 Å². The van der Waals surface area contributed by atoms with Gasteiger partial charge in [0.05, 0.1) is 5.56 Å². The molecule has 0 aromatic heterocycles. The second-order valence-electron chi connectivity index (χ2n) is 5.19. The third kappa shape index (κ3) is 3.34. The van der Waals surface area contributed by atoms with Crippen molar-refractivity contribution < 1.29 is 14.7 Å². The Morgan fingerprint density at radius 3 is 2.21 bits per heavy atom. The summed E-state index contributed by atoms with van der Waals surface area (Å²) < 4.78 is 0. The maximum Gasteiger partial charge on any atom is 0.335 e. The van der Waals surface area contributed by atoms with Crippen molar-refractivity contribution in [2.45, 2.75) is 38.6 Å². The summed E-state index contributed by atoms with van der Waals surface area (Å²) in [5.41, 5.74) is 0.704. The van der Waals surface area contributed by atoms with Crippen molar-refractivity contribution in [3.63, 3.8) is 0 Å². The lowest BCUT2D eigenvalue weighted by Gasteiger charge is -2.20. The van der Waals surface area contributed by atoms with Crippen LogP contribution < -0.4 is 5.32 Å². The second kappa shape index (κ2) is 5.87. The molecule has 1 aromatic carbocycles. The summed E-state index contributed by atoms with van der Waals surface area (Å²) in [7, 11) is 0. The topological polar surface area (TPSA) is 66.4 Å². The van der Waals surface area contributed by atoms with E-state index in [0.717, 1.165) is 0 Å². The Hall–Kier alpha value is -1.84. The number of rotatable bonds is 4. The minimum Gasteiger partial charge on any atom is -0.478 e. The molecule has 102 valence electrons. The van der Waals surface area contributed by atoms with Crippen molar-refractivity contribution in [2.75, 3.05) is 0 Å². The van der Waals surface area contributed by atoms with Crippen LogP contribution in [0.15, 0.2) is 24.3 Å². The molecule has 4 nitrogen and oxygen atoms in total. The van der Waals surface area contributed by atoms with Gasteiger partial charge in [0.25, 0.3) is 5.91 Å². The molecule has 0 spiro atoms. The zero-order chi connectivity index (χ0) is 13.8. The summed E-state index contributed by atoms with van der Waals surface area (Å²) in [4.78, 5) is 22.8. The van der Waals surface area contributed by atoms with Crippen LogP contribution in [0.5, 0.6) is 0 Å². The fourth-order valence-electron chi connectivity index (χ4n) is 2.63. The van der Waals surface area contributed by atoms with Gasteiger partial charge in [-0.3, -0.25) is 4.79 Å². The molecule has 2 N–H and O–H groups in total. The van der Waals surface area contributed by atoms with E-state index in [2.05, 4.69) is 5.32 Å². The first-order valence-corrected chi connectivity index (χ1v) is 6.72. The molecule has 1 aliphatic rings. The van der Waals surface area contributed by atoms with Crippen LogP contribution in [0.3, 0.4) is 0 Å². The Kier molecular flexibility index (Phi) is 4.20. The Balaban J connectivity index is 1.97. The van der Waals surface area contributed by atoms with Crippen molar-refractivity contribution >= 4 is 11.9 Å². The normalized spacial score (nSPS) is 17.1. The molecular formula is C15H19NO3. The molecule has 1 saturated carbocycles. The molecule has 1 atom stereocenters. The van der Waals surface area contributed by atoms with Crippen LogP contribution in [0, 0.1) is 5.92 Å². The summed E-state index contributed by atoms with van der Waals surface area (Å²) in [6, 6.07) is 6.20. The lowest BCUT2D eigenvalue weighted by atomic mass is 9.99. The Morgan fingerprint density at radius 1 is 1.16 bits per heavy atom. The van der Waals surface area contributed by atoms with E-state index in [1.807, 2.05) is 6.92 Å². The zero-order valence-corrected chi connectivity index (χ0v) is 11.1. The van der Waals surface area contributed by atoms with E-state index in [1.165, 1.54) is 37.8 Å². The fraction of sp³-hybridized carbons (Fsp3) is 0.467. The Labute approximate surface area is 112 Å². The predicted octanol–water partition coefficient (Wildman–Crippen LogP) is 2.69. The van der Waals surface area contributed by atoms with E-state index < -0.39 is 5.97 Å². The van der Waals surface area contributed by atoms with Gasteiger partial charge in [-0.25, -0.2) is 4.79 Å². The molecule has 4 heteroatoms. The van der Waals surface area contributed by atoms with E-state index in [0.29, 0.717) is 11.5 Å². The highest BCUT2D eigenvalue weighted by molar-refractivity contribution is 5.96. The zero-order valence-electron chi connectivity index (χ0n) is 11.1. The smallest absolute Gasteiger partial charge is 0.335 e. The highest BCUT2D eigenvalue weighted by Gasteiger charge is 2.23. The molecule has 19 heavy (non-hydrogen) atoms. The van der Waals surface area contributed by atoms with Gasteiger partial charge in [-0.05, 0) is 49.9 Å². The average molecular weight is 261 g/mol. The van der Waals surface area contributed by atoms with Crippen LogP contribution in [0.25, 0.3) is 0 Å². The second-order valence-corrected chi connectivity index (χ2v) is 5.19. The van der Waals surface area contributed by atoms with Crippen LogP contribution in [0.2, 0.25) is 0 Å². The van der Waals surface area contributed by atoms with Crippen molar-refractivity contribution in [3.05, 3.63) is 35.4 Å². The first kappa shape index (κ1) is 13.6. The molecule has 1 amide bonds. The number of hydrogen-bond donors (Lipinski definition) is 2. The van der Waals surface area contributed by atoms with Crippen LogP contribution >= 0.6 is 0 Å². The molecule has 0 radical (unpaired) electrons. The summed E-state index contributed by atoms with van der Waals surface area (Å²) in [6.07, 6.45) is 4.86. The molecule has 0 saturated heterocycles. The number of carboxylic acids is 1. The molecule has 0 heterocycles. The minimum absolute atomic E-state index is 0.128. The van der Waals surface area contributed by atoms with E-state index >= 15 is 0 Å².